The van der Waals surface area contributed by atoms with Gasteiger partial charge >= 0.3 is 5.69 Å². The van der Waals surface area contributed by atoms with Gasteiger partial charge in [-0.25, -0.2) is 8.42 Å². The molecule has 144 valence electrons. The average Bonchev–Trinajstić information content (AvgIpc) is 2.60. The summed E-state index contributed by atoms with van der Waals surface area (Å²) in [6, 6.07) is 3.56. The number of carbonyl (C=O) groups is 1. The Balaban J connectivity index is 2.16. The SMILES string of the molecule is COc1ccc(S(=O)(=O)N2CCN(C(=O)CC(C)C)CC2)cc1[N+](=O)[O-]. The van der Waals surface area contributed by atoms with E-state index < -0.39 is 20.6 Å². The van der Waals surface area contributed by atoms with Crippen LogP contribution in [-0.2, 0) is 14.8 Å². The first-order valence-electron chi connectivity index (χ1n) is 8.27. The molecule has 0 unspecified atom stereocenters. The molecule has 1 fully saturated rings. The first-order chi connectivity index (χ1) is 12.2. The molecule has 1 aliphatic heterocycles. The second-order valence-corrected chi connectivity index (χ2v) is 8.41. The van der Waals surface area contributed by atoms with Crippen molar-refractivity contribution in [3.05, 3.63) is 28.3 Å². The highest BCUT2D eigenvalue weighted by Crippen LogP contribution is 2.30. The van der Waals surface area contributed by atoms with E-state index in [1.165, 1.54) is 23.5 Å². The number of nitro groups is 1. The van der Waals surface area contributed by atoms with Gasteiger partial charge in [0.05, 0.1) is 16.9 Å². The minimum atomic E-state index is -3.88. The van der Waals surface area contributed by atoms with Crippen LogP contribution in [0.2, 0.25) is 0 Å². The molecule has 0 atom stereocenters. The summed E-state index contributed by atoms with van der Waals surface area (Å²) in [5.41, 5.74) is -0.403. The molecular weight excluding hydrogens is 362 g/mol. The normalized spacial score (nSPS) is 15.9. The molecule has 0 aromatic heterocycles. The molecule has 26 heavy (non-hydrogen) atoms. The molecule has 1 aromatic rings. The van der Waals surface area contributed by atoms with E-state index in [-0.39, 0.29) is 35.6 Å². The van der Waals surface area contributed by atoms with Gasteiger partial charge in [0, 0.05) is 38.7 Å². The van der Waals surface area contributed by atoms with Crippen molar-refractivity contribution in [2.45, 2.75) is 25.2 Å². The number of rotatable bonds is 6. The highest BCUT2D eigenvalue weighted by atomic mass is 32.2. The van der Waals surface area contributed by atoms with Crippen molar-refractivity contribution in [2.75, 3.05) is 33.3 Å². The molecule has 9 nitrogen and oxygen atoms in total. The molecular formula is C16H23N3O6S. The molecule has 1 saturated heterocycles. The third-order valence-corrected chi connectivity index (χ3v) is 6.05. The average molecular weight is 385 g/mol. The zero-order valence-electron chi connectivity index (χ0n) is 15.0. The monoisotopic (exact) mass is 385 g/mol. The minimum Gasteiger partial charge on any atom is -0.490 e. The molecule has 2 rings (SSSR count). The van der Waals surface area contributed by atoms with Crippen LogP contribution in [0.25, 0.3) is 0 Å². The lowest BCUT2D eigenvalue weighted by Crippen LogP contribution is -2.50. The van der Waals surface area contributed by atoms with Crippen molar-refractivity contribution in [2.24, 2.45) is 5.92 Å². The molecule has 1 aromatic carbocycles. The van der Waals surface area contributed by atoms with Crippen LogP contribution in [0.4, 0.5) is 5.69 Å². The van der Waals surface area contributed by atoms with Gasteiger partial charge in [-0.1, -0.05) is 13.8 Å². The number of nitro benzene ring substituents is 1. The maximum atomic E-state index is 12.8. The van der Waals surface area contributed by atoms with Crippen LogP contribution in [0.1, 0.15) is 20.3 Å². The number of piperazine rings is 1. The molecule has 0 N–H and O–H groups in total. The number of carbonyl (C=O) groups excluding carboxylic acids is 1. The topological polar surface area (TPSA) is 110 Å². The lowest BCUT2D eigenvalue weighted by Gasteiger charge is -2.34. The van der Waals surface area contributed by atoms with Gasteiger partial charge in [-0.15, -0.1) is 0 Å². The molecule has 1 heterocycles. The van der Waals surface area contributed by atoms with E-state index in [0.717, 1.165) is 6.07 Å². The van der Waals surface area contributed by atoms with Crippen molar-refractivity contribution >= 4 is 21.6 Å². The highest BCUT2D eigenvalue weighted by molar-refractivity contribution is 7.89. The summed E-state index contributed by atoms with van der Waals surface area (Å²) in [4.78, 5) is 24.0. The summed E-state index contributed by atoms with van der Waals surface area (Å²) < 4.78 is 31.7. The predicted octanol–water partition coefficient (Wildman–Crippen LogP) is 1.48. The number of nitrogens with zero attached hydrogens (tertiary/aromatic N) is 3. The third kappa shape index (κ3) is 4.31. The summed E-state index contributed by atoms with van der Waals surface area (Å²) in [5.74, 6) is 0.249. The van der Waals surface area contributed by atoms with E-state index in [0.29, 0.717) is 19.5 Å². The number of methoxy groups -OCH3 is 1. The van der Waals surface area contributed by atoms with Crippen LogP contribution >= 0.6 is 0 Å². The van der Waals surface area contributed by atoms with Crippen molar-refractivity contribution in [3.63, 3.8) is 0 Å². The Morgan fingerprint density at radius 3 is 2.38 bits per heavy atom. The van der Waals surface area contributed by atoms with Crippen molar-refractivity contribution in [1.29, 1.82) is 0 Å². The van der Waals surface area contributed by atoms with Gasteiger partial charge in [-0.3, -0.25) is 14.9 Å². The van der Waals surface area contributed by atoms with Gasteiger partial charge in [0.1, 0.15) is 0 Å². The Labute approximate surface area is 152 Å². The third-order valence-electron chi connectivity index (χ3n) is 4.16. The predicted molar refractivity (Wildman–Crippen MR) is 94.4 cm³/mol. The summed E-state index contributed by atoms with van der Waals surface area (Å²) in [6.45, 7) is 4.84. The standard InChI is InChI=1S/C16H23N3O6S/c1-12(2)10-16(20)17-6-8-18(9-7-17)26(23,24)13-4-5-15(25-3)14(11-13)19(21)22/h4-5,11-12H,6-10H2,1-3H3. The number of ether oxygens (including phenoxy) is 1. The number of hydrogen-bond donors (Lipinski definition) is 0. The molecule has 0 bridgehead atoms. The number of hydrogen-bond acceptors (Lipinski definition) is 6. The number of amides is 1. The highest BCUT2D eigenvalue weighted by Gasteiger charge is 2.31. The van der Waals surface area contributed by atoms with E-state index in [9.17, 15) is 23.3 Å². The Bertz CT molecular complexity index is 785. The molecule has 0 radical (unpaired) electrons. The number of benzene rings is 1. The zero-order valence-corrected chi connectivity index (χ0v) is 15.9. The number of sulfonamides is 1. The van der Waals surface area contributed by atoms with Crippen LogP contribution in [0.5, 0.6) is 5.75 Å². The van der Waals surface area contributed by atoms with Gasteiger partial charge < -0.3 is 9.64 Å². The van der Waals surface area contributed by atoms with E-state index >= 15 is 0 Å². The van der Waals surface area contributed by atoms with E-state index in [1.54, 1.807) is 4.90 Å². The van der Waals surface area contributed by atoms with Crippen LogP contribution in [0.3, 0.4) is 0 Å². The lowest BCUT2D eigenvalue weighted by molar-refractivity contribution is -0.386. The molecule has 0 aliphatic carbocycles. The smallest absolute Gasteiger partial charge is 0.312 e. The van der Waals surface area contributed by atoms with Crippen molar-refractivity contribution in [1.82, 2.24) is 9.21 Å². The van der Waals surface area contributed by atoms with Crippen LogP contribution in [0.15, 0.2) is 23.1 Å². The second-order valence-electron chi connectivity index (χ2n) is 6.47. The van der Waals surface area contributed by atoms with Crippen LogP contribution in [0, 0.1) is 16.0 Å². The van der Waals surface area contributed by atoms with Crippen molar-refractivity contribution in [3.8, 4) is 5.75 Å². The molecule has 0 spiro atoms. The zero-order chi connectivity index (χ0) is 19.5. The first kappa shape index (κ1) is 20.1. The van der Waals surface area contributed by atoms with Crippen LogP contribution in [-0.4, -0.2) is 61.7 Å². The van der Waals surface area contributed by atoms with E-state index in [4.69, 9.17) is 4.74 Å². The van der Waals surface area contributed by atoms with Gasteiger partial charge in [-0.05, 0) is 18.1 Å². The quantitative estimate of drug-likeness (QED) is 0.542. The Kier molecular flexibility index (Phi) is 6.19. The molecule has 1 amide bonds. The Morgan fingerprint density at radius 1 is 1.27 bits per heavy atom. The molecule has 0 saturated carbocycles. The van der Waals surface area contributed by atoms with Crippen molar-refractivity contribution < 1.29 is 22.9 Å². The fourth-order valence-corrected chi connectivity index (χ4v) is 4.22. The van der Waals surface area contributed by atoms with Gasteiger partial charge in [0.25, 0.3) is 0 Å². The first-order valence-corrected chi connectivity index (χ1v) is 9.71. The van der Waals surface area contributed by atoms with Crippen LogP contribution < -0.4 is 4.74 Å². The minimum absolute atomic E-state index is 0.00180. The maximum absolute atomic E-state index is 12.8. The largest absolute Gasteiger partial charge is 0.490 e. The summed E-state index contributed by atoms with van der Waals surface area (Å²) in [6.07, 6.45) is 0.428. The van der Waals surface area contributed by atoms with Gasteiger partial charge in [0.15, 0.2) is 5.75 Å². The summed E-state index contributed by atoms with van der Waals surface area (Å²) in [5, 5.41) is 11.1. The summed E-state index contributed by atoms with van der Waals surface area (Å²) in [7, 11) is -2.60. The Hall–Kier alpha value is -2.20. The second kappa shape index (κ2) is 8.00. The molecule has 1 aliphatic rings. The lowest BCUT2D eigenvalue weighted by atomic mass is 10.1. The molecule has 10 heteroatoms. The van der Waals surface area contributed by atoms with E-state index in [2.05, 4.69) is 0 Å². The van der Waals surface area contributed by atoms with Gasteiger partial charge in [-0.2, -0.15) is 4.31 Å². The Morgan fingerprint density at radius 2 is 1.88 bits per heavy atom. The van der Waals surface area contributed by atoms with E-state index in [1.807, 2.05) is 13.8 Å². The van der Waals surface area contributed by atoms with Gasteiger partial charge in [0.2, 0.25) is 15.9 Å². The fraction of sp³-hybridized carbons (Fsp3) is 0.562. The maximum Gasteiger partial charge on any atom is 0.312 e. The summed E-state index contributed by atoms with van der Waals surface area (Å²) >= 11 is 0. The fourth-order valence-electron chi connectivity index (χ4n) is 2.78.